The van der Waals surface area contributed by atoms with Gasteiger partial charge in [0.2, 0.25) is 5.91 Å². The Kier molecular flexibility index (Phi) is 9.80. The Bertz CT molecular complexity index is 470. The van der Waals surface area contributed by atoms with Crippen LogP contribution in [0.15, 0.2) is 6.07 Å². The molecule has 1 fully saturated rings. The molecule has 113 valence electrons. The SMILES string of the molecule is Cc1[c-]cc(C)c(CC(=O)NC2(C)CCCCC2)[c-]1.[W].[Y]. The molecule has 0 unspecified atom stereocenters. The van der Waals surface area contributed by atoms with E-state index in [0.29, 0.717) is 6.42 Å². The van der Waals surface area contributed by atoms with Gasteiger partial charge in [-0.3, -0.25) is 27.6 Å². The molecule has 1 aliphatic rings. The van der Waals surface area contributed by atoms with E-state index < -0.39 is 0 Å². The molecule has 0 saturated heterocycles. The van der Waals surface area contributed by atoms with E-state index in [2.05, 4.69) is 24.4 Å². The number of hydrogen-bond acceptors (Lipinski definition) is 1. The van der Waals surface area contributed by atoms with Crippen LogP contribution < -0.4 is 5.32 Å². The van der Waals surface area contributed by atoms with Gasteiger partial charge in [0.25, 0.3) is 0 Å². The van der Waals surface area contributed by atoms with Gasteiger partial charge in [-0.1, -0.05) is 26.2 Å². The van der Waals surface area contributed by atoms with E-state index in [9.17, 15) is 4.79 Å². The predicted molar refractivity (Wildman–Crippen MR) is 76.9 cm³/mol. The number of carbonyl (C=O) groups excluding carboxylic acids is 1. The standard InChI is InChI=1S/C17H23NO.W.Y/c1-13-7-8-14(2)15(11-13)12-16(19)18-17(3)9-5-4-6-10-17;;/h8H,4-6,9-10,12H2,1-3H3,(H,18,19);;/q-2;;. The zero-order chi connectivity index (χ0) is 13.9. The molecular formula is C17H23NOWY-2. The topological polar surface area (TPSA) is 29.1 Å². The fraction of sp³-hybridized carbons (Fsp3) is 0.588. The number of amides is 1. The molecule has 1 N–H and O–H groups in total. The van der Waals surface area contributed by atoms with Gasteiger partial charge in [-0.25, -0.2) is 0 Å². The summed E-state index contributed by atoms with van der Waals surface area (Å²) in [5, 5.41) is 3.22. The van der Waals surface area contributed by atoms with Gasteiger partial charge >= 0.3 is 0 Å². The Morgan fingerprint density at radius 3 is 2.52 bits per heavy atom. The molecule has 0 bridgehead atoms. The summed E-state index contributed by atoms with van der Waals surface area (Å²) >= 11 is 0. The van der Waals surface area contributed by atoms with Gasteiger partial charge in [0.05, 0.1) is 0 Å². The van der Waals surface area contributed by atoms with Crippen molar-refractivity contribution in [3.05, 3.63) is 34.9 Å². The molecule has 0 aliphatic heterocycles. The maximum absolute atomic E-state index is 12.2. The van der Waals surface area contributed by atoms with Crippen LogP contribution in [0.5, 0.6) is 0 Å². The van der Waals surface area contributed by atoms with E-state index in [1.54, 1.807) is 0 Å². The zero-order valence-corrected chi connectivity index (χ0v) is 19.0. The van der Waals surface area contributed by atoms with E-state index >= 15 is 0 Å². The van der Waals surface area contributed by atoms with E-state index in [0.717, 1.165) is 29.5 Å². The van der Waals surface area contributed by atoms with Crippen LogP contribution in [0.2, 0.25) is 0 Å². The van der Waals surface area contributed by atoms with Gasteiger partial charge in [0.15, 0.2) is 0 Å². The van der Waals surface area contributed by atoms with Gasteiger partial charge in [-0.2, -0.15) is 0 Å². The second-order valence-corrected chi connectivity index (χ2v) is 6.05. The average molecular weight is 530 g/mol. The first kappa shape index (κ1) is 21.5. The average Bonchev–Trinajstić information content (AvgIpc) is 2.34. The number of carbonyl (C=O) groups is 1. The Hall–Kier alpha value is 0.482. The summed E-state index contributed by atoms with van der Waals surface area (Å²) in [6, 6.07) is 8.30. The number of nitrogens with one attached hydrogen (secondary N) is 1. The molecule has 1 aromatic carbocycles. The van der Waals surface area contributed by atoms with Crippen molar-refractivity contribution in [3.8, 4) is 0 Å². The largest absolute Gasteiger partial charge is 0.356 e. The monoisotopic (exact) mass is 530 g/mol. The molecule has 0 spiro atoms. The summed E-state index contributed by atoms with van der Waals surface area (Å²) in [5.74, 6) is 0.120. The van der Waals surface area contributed by atoms with Crippen LogP contribution in [0.25, 0.3) is 0 Å². The Morgan fingerprint density at radius 1 is 1.29 bits per heavy atom. The van der Waals surface area contributed by atoms with Crippen molar-refractivity contribution in [2.75, 3.05) is 0 Å². The molecule has 1 aliphatic carbocycles. The summed E-state index contributed by atoms with van der Waals surface area (Å²) in [7, 11) is 0. The van der Waals surface area contributed by atoms with Crippen molar-refractivity contribution in [3.63, 3.8) is 0 Å². The molecule has 1 aromatic rings. The van der Waals surface area contributed by atoms with Crippen molar-refractivity contribution < 1.29 is 58.6 Å². The number of benzene rings is 1. The fourth-order valence-electron chi connectivity index (χ4n) is 2.85. The first-order chi connectivity index (χ1) is 8.98. The van der Waals surface area contributed by atoms with E-state index in [-0.39, 0.29) is 65.2 Å². The van der Waals surface area contributed by atoms with Gasteiger partial charge < -0.3 is 17.4 Å². The number of aryl methyl sites for hydroxylation is 2. The van der Waals surface area contributed by atoms with Crippen LogP contribution in [0.4, 0.5) is 0 Å². The van der Waals surface area contributed by atoms with Crippen molar-refractivity contribution in [2.45, 2.75) is 64.8 Å². The normalized spacial score (nSPS) is 16.3. The van der Waals surface area contributed by atoms with Crippen molar-refractivity contribution in [1.82, 2.24) is 5.32 Å². The first-order valence-corrected chi connectivity index (χ1v) is 7.20. The van der Waals surface area contributed by atoms with Crippen molar-refractivity contribution >= 4 is 5.91 Å². The van der Waals surface area contributed by atoms with Crippen LogP contribution in [-0.4, -0.2) is 11.4 Å². The number of rotatable bonds is 3. The molecule has 21 heavy (non-hydrogen) atoms. The minimum Gasteiger partial charge on any atom is -0.356 e. The van der Waals surface area contributed by atoms with E-state index in [1.807, 2.05) is 19.9 Å². The summed E-state index contributed by atoms with van der Waals surface area (Å²) in [5.41, 5.74) is 3.05. The fourth-order valence-corrected chi connectivity index (χ4v) is 2.85. The minimum absolute atomic E-state index is 0. The molecule has 1 saturated carbocycles. The molecule has 1 amide bonds. The summed E-state index contributed by atoms with van der Waals surface area (Å²) < 4.78 is 0. The minimum atomic E-state index is -0.000805. The van der Waals surface area contributed by atoms with Crippen molar-refractivity contribution in [2.24, 2.45) is 0 Å². The molecule has 2 rings (SSSR count). The van der Waals surface area contributed by atoms with E-state index in [1.165, 1.54) is 19.3 Å². The Morgan fingerprint density at radius 2 is 1.90 bits per heavy atom. The zero-order valence-electron chi connectivity index (χ0n) is 13.2. The quantitative estimate of drug-likeness (QED) is 0.598. The van der Waals surface area contributed by atoms with Crippen LogP contribution in [0.3, 0.4) is 0 Å². The summed E-state index contributed by atoms with van der Waals surface area (Å²) in [6.07, 6.45) is 6.37. The second kappa shape index (κ2) is 9.58. The van der Waals surface area contributed by atoms with Gasteiger partial charge in [-0.05, 0) is 19.8 Å². The molecule has 0 aromatic heterocycles. The molecule has 1 radical (unpaired) electrons. The Labute approximate surface area is 168 Å². The van der Waals surface area contributed by atoms with Crippen molar-refractivity contribution in [1.29, 1.82) is 0 Å². The Balaban J connectivity index is 0.00000200. The number of hydrogen-bond donors (Lipinski definition) is 1. The molecule has 0 atom stereocenters. The van der Waals surface area contributed by atoms with Crippen LogP contribution >= 0.6 is 0 Å². The first-order valence-electron chi connectivity index (χ1n) is 7.20. The second-order valence-electron chi connectivity index (χ2n) is 6.05. The molecule has 4 heteroatoms. The summed E-state index contributed by atoms with van der Waals surface area (Å²) in [4.78, 5) is 12.2. The van der Waals surface area contributed by atoms with Crippen LogP contribution in [0, 0.1) is 26.0 Å². The van der Waals surface area contributed by atoms with E-state index in [4.69, 9.17) is 0 Å². The van der Waals surface area contributed by atoms with Gasteiger partial charge in [0, 0.05) is 65.7 Å². The smallest absolute Gasteiger partial charge is 0.220 e. The third-order valence-electron chi connectivity index (χ3n) is 4.06. The van der Waals surface area contributed by atoms with Gasteiger partial charge in [-0.15, -0.1) is 6.92 Å². The van der Waals surface area contributed by atoms with Crippen LogP contribution in [-0.2, 0) is 65.0 Å². The molecular weight excluding hydrogens is 507 g/mol. The maximum Gasteiger partial charge on any atom is 0.220 e. The molecule has 2 nitrogen and oxygen atoms in total. The third-order valence-corrected chi connectivity index (χ3v) is 4.06. The molecule has 0 heterocycles. The van der Waals surface area contributed by atoms with Crippen LogP contribution in [0.1, 0.15) is 55.7 Å². The third kappa shape index (κ3) is 6.63. The summed E-state index contributed by atoms with van der Waals surface area (Å²) in [6.45, 7) is 6.14. The van der Waals surface area contributed by atoms with Gasteiger partial charge in [0.1, 0.15) is 0 Å². The predicted octanol–water partition coefficient (Wildman–Crippen LogP) is 3.28. The maximum atomic E-state index is 12.2.